The van der Waals surface area contributed by atoms with Crippen molar-refractivity contribution >= 4 is 125 Å². The third kappa shape index (κ3) is 26.7. The number of carboxylic acids is 3. The second-order valence-corrected chi connectivity index (χ2v) is 19.8. The predicted octanol–water partition coefficient (Wildman–Crippen LogP) is -0.480. The van der Waals surface area contributed by atoms with Crippen molar-refractivity contribution in [1.82, 2.24) is 47.9 Å². The molecule has 32 heteroatoms. The van der Waals surface area contributed by atoms with Crippen LogP contribution in [-0.2, 0) is 57.5 Å². The van der Waals surface area contributed by atoms with Gasteiger partial charge in [0.2, 0.25) is 35.4 Å². The lowest BCUT2D eigenvalue weighted by Crippen LogP contribution is -2.55. The molecule has 0 aromatic heterocycles. The number of carboxylic acid groups (broad SMARTS) is 3. The molecule has 0 aliphatic carbocycles. The lowest BCUT2D eigenvalue weighted by molar-refractivity contribution is -0.140. The van der Waals surface area contributed by atoms with Crippen LogP contribution in [0.5, 0.6) is 5.75 Å². The molecular formula is C54H69Cl2N11O19. The molecule has 468 valence electrons. The summed E-state index contributed by atoms with van der Waals surface area (Å²) < 4.78 is 5.00. The smallest absolute Gasteiger partial charge is 0.305 e. The summed E-state index contributed by atoms with van der Waals surface area (Å²) in [5.74, 6) is -9.18. The summed E-state index contributed by atoms with van der Waals surface area (Å²) in [5.41, 5.74) is 12.5. The first kappa shape index (κ1) is 74.3. The lowest BCUT2D eigenvalue weighted by atomic mass is 10.0. The van der Waals surface area contributed by atoms with Crippen LogP contribution in [0.4, 0.5) is 11.4 Å². The van der Waals surface area contributed by atoms with E-state index in [1.807, 2.05) is 0 Å². The molecule has 3 rings (SSSR count). The van der Waals surface area contributed by atoms with Gasteiger partial charge in [-0.15, -0.1) is 0 Å². The Hall–Kier alpha value is -9.71. The van der Waals surface area contributed by atoms with Crippen molar-refractivity contribution in [3.05, 3.63) is 87.4 Å². The highest BCUT2D eigenvalue weighted by molar-refractivity contribution is 6.33. The summed E-state index contributed by atoms with van der Waals surface area (Å²) in [6, 6.07) is 5.15. The molecule has 0 heterocycles. The Balaban J connectivity index is 0.000000646. The molecule has 0 radical (unpaired) electrons. The summed E-state index contributed by atoms with van der Waals surface area (Å²) in [5, 5.41) is 47.8. The monoisotopic (exact) mass is 1250 g/mol. The number of nitrogens with one attached hydrogen (secondary N) is 9. The van der Waals surface area contributed by atoms with E-state index >= 15 is 0 Å². The maximum Gasteiger partial charge on any atom is 0.305 e. The Bertz CT molecular complexity index is 2970. The van der Waals surface area contributed by atoms with Gasteiger partial charge < -0.3 is 93.8 Å². The highest BCUT2D eigenvalue weighted by atomic mass is 35.5. The standard InChI is InChI=1S/C19H25ClN4O6.C18H23N3O7.C17H21ClN4O6/c1-9(2)16(24-18(29)11-4-5-14(21)13(20)6-11)19(30)22-10(3)17(28)23-12(8-25)7-15(26)27;1-10(20-18(27)12-4-6-14(28-3)7-5-12)16(25)19-11(2)17(26)21-13(9-22)8-15(23)24;1-8(21-17(28)10-3-4-13(19)12(18)5-10)15(26)20-9(2)16(27)22-11(7-23)6-14(24)25/h4-6,8-10,12,16H,7,21H2,1-3H3,(H,22,30)(H,23,28)(H,24,29)(H,26,27);4-7,9-11,13H,8H2,1-3H3,(H,19,25)(H,20,27)(H,21,26)(H,23,24);3-5,7-9,11H,6,19H2,1-2H3,(H,20,26)(H,21,28)(H,22,27)(H,24,25)/t10-,12-,16-;10-,11-,13-;8-,9-,11-/m000/s1. The molecule has 0 bridgehead atoms. The zero-order valence-electron chi connectivity index (χ0n) is 47.7. The number of carbonyl (C=O) groups is 15. The second kappa shape index (κ2) is 36.8. The SMILES string of the molecule is CC(C)[C@H](NC(=O)c1ccc(N)c(Cl)c1)C(=O)N[C@@H](C)C(=O)N[C@H](C=O)CC(=O)O.COc1ccc(C(=O)N[C@@H](C)C(=O)N[C@@H](C)C(=O)N[C@H](C=O)CC(=O)O)cc1.C[C@H](NC(=O)c1ccc(N)c(Cl)c1)C(=O)N[C@@H](C)C(=O)N[C@H](C=O)CC(=O)O. The number of aliphatic carboxylic acids is 3. The molecule has 16 N–H and O–H groups in total. The number of halogens is 2. The van der Waals surface area contributed by atoms with Crippen LogP contribution in [0.3, 0.4) is 0 Å². The minimum absolute atomic E-state index is 0.196. The zero-order chi connectivity index (χ0) is 65.7. The average molecular weight is 1250 g/mol. The van der Waals surface area contributed by atoms with Crippen molar-refractivity contribution in [3.8, 4) is 5.75 Å². The lowest BCUT2D eigenvalue weighted by Gasteiger charge is -2.24. The number of hydrogen-bond donors (Lipinski definition) is 14. The van der Waals surface area contributed by atoms with Crippen LogP contribution in [0.15, 0.2) is 60.7 Å². The van der Waals surface area contributed by atoms with Crippen molar-refractivity contribution in [2.24, 2.45) is 5.92 Å². The van der Waals surface area contributed by atoms with Crippen molar-refractivity contribution in [3.63, 3.8) is 0 Å². The van der Waals surface area contributed by atoms with Gasteiger partial charge in [0.05, 0.1) is 65.9 Å². The van der Waals surface area contributed by atoms with E-state index in [9.17, 15) is 71.9 Å². The first-order valence-electron chi connectivity index (χ1n) is 25.7. The van der Waals surface area contributed by atoms with Crippen LogP contribution >= 0.6 is 23.2 Å². The van der Waals surface area contributed by atoms with E-state index in [0.717, 1.165) is 0 Å². The van der Waals surface area contributed by atoms with Crippen molar-refractivity contribution in [2.45, 2.75) is 122 Å². The van der Waals surface area contributed by atoms with E-state index in [1.54, 1.807) is 26.0 Å². The number of ether oxygens (including phenoxy) is 1. The average Bonchev–Trinajstić information content (AvgIpc) is 3.65. The minimum atomic E-state index is -1.26. The quantitative estimate of drug-likeness (QED) is 0.0308. The molecule has 3 aromatic carbocycles. The van der Waals surface area contributed by atoms with Crippen molar-refractivity contribution < 1.29 is 92.0 Å². The van der Waals surface area contributed by atoms with E-state index in [2.05, 4.69) is 47.9 Å². The maximum absolute atomic E-state index is 12.6. The molecule has 86 heavy (non-hydrogen) atoms. The van der Waals surface area contributed by atoms with Crippen molar-refractivity contribution in [2.75, 3.05) is 18.6 Å². The number of rotatable bonds is 29. The fourth-order valence-corrected chi connectivity index (χ4v) is 6.95. The predicted molar refractivity (Wildman–Crippen MR) is 308 cm³/mol. The van der Waals surface area contributed by atoms with Gasteiger partial charge >= 0.3 is 17.9 Å². The van der Waals surface area contributed by atoms with Gasteiger partial charge in [-0.1, -0.05) is 37.0 Å². The molecule has 0 saturated heterocycles. The molecule has 9 amide bonds. The highest BCUT2D eigenvalue weighted by Crippen LogP contribution is 2.21. The van der Waals surface area contributed by atoms with E-state index in [-0.39, 0.29) is 27.1 Å². The number of nitrogens with two attached hydrogens (primary N) is 2. The number of anilines is 2. The molecule has 3 aromatic rings. The number of amides is 9. The molecule has 0 spiro atoms. The van der Waals surface area contributed by atoms with E-state index in [4.69, 9.17) is 54.7 Å². The van der Waals surface area contributed by atoms with Crippen LogP contribution < -0.4 is 64.1 Å². The minimum Gasteiger partial charge on any atom is -0.497 e. The third-order valence-electron chi connectivity index (χ3n) is 11.5. The fourth-order valence-electron chi connectivity index (χ4n) is 6.59. The molecule has 0 aliphatic rings. The van der Waals surface area contributed by atoms with Gasteiger partial charge in [-0.05, 0) is 101 Å². The van der Waals surface area contributed by atoms with Crippen LogP contribution in [0.25, 0.3) is 0 Å². The summed E-state index contributed by atoms with van der Waals surface area (Å²) in [6.45, 7) is 10.4. The summed E-state index contributed by atoms with van der Waals surface area (Å²) >= 11 is 11.8. The Morgan fingerprint density at radius 3 is 1.00 bits per heavy atom. The maximum atomic E-state index is 12.6. The van der Waals surface area contributed by atoms with Crippen LogP contribution in [-0.4, -0.2) is 167 Å². The van der Waals surface area contributed by atoms with Gasteiger partial charge in [-0.25, -0.2) is 0 Å². The molecule has 0 unspecified atom stereocenters. The highest BCUT2D eigenvalue weighted by Gasteiger charge is 2.30. The number of benzene rings is 3. The van der Waals surface area contributed by atoms with Crippen LogP contribution in [0.2, 0.25) is 10.0 Å². The second-order valence-electron chi connectivity index (χ2n) is 19.0. The van der Waals surface area contributed by atoms with Gasteiger partial charge in [0, 0.05) is 16.7 Å². The normalized spacial score (nSPS) is 13.5. The van der Waals surface area contributed by atoms with Gasteiger partial charge in [0.1, 0.15) is 60.9 Å². The first-order chi connectivity index (χ1) is 40.2. The topological polar surface area (TPSA) is 486 Å². The van der Waals surface area contributed by atoms with Gasteiger partial charge in [-0.3, -0.25) is 57.5 Å². The molecule has 0 saturated carbocycles. The third-order valence-corrected chi connectivity index (χ3v) is 12.2. The fraction of sp³-hybridized carbons (Fsp3) is 0.389. The molecule has 30 nitrogen and oxygen atoms in total. The summed E-state index contributed by atoms with van der Waals surface area (Å²) in [7, 11) is 1.50. The van der Waals surface area contributed by atoms with E-state index in [1.165, 1.54) is 90.3 Å². The van der Waals surface area contributed by atoms with Gasteiger partial charge in [-0.2, -0.15) is 0 Å². The zero-order valence-corrected chi connectivity index (χ0v) is 49.2. The van der Waals surface area contributed by atoms with Crippen LogP contribution in [0.1, 0.15) is 98.8 Å². The number of carbonyl (C=O) groups excluding carboxylic acids is 12. The van der Waals surface area contributed by atoms with E-state index < -0.39 is 145 Å². The van der Waals surface area contributed by atoms with Gasteiger partial charge in [0.25, 0.3) is 17.7 Å². The Kier molecular flexibility index (Phi) is 31.8. The summed E-state index contributed by atoms with van der Waals surface area (Å²) in [4.78, 5) is 174. The molecule has 0 aliphatic heterocycles. The largest absolute Gasteiger partial charge is 0.497 e. The number of nitrogen functional groups attached to an aromatic ring is 2. The van der Waals surface area contributed by atoms with Crippen LogP contribution in [0, 0.1) is 5.92 Å². The van der Waals surface area contributed by atoms with Crippen molar-refractivity contribution in [1.29, 1.82) is 0 Å². The Morgan fingerprint density at radius 1 is 0.430 bits per heavy atom. The molecule has 0 fully saturated rings. The number of hydrogen-bond acceptors (Lipinski definition) is 18. The Morgan fingerprint density at radius 2 is 0.709 bits per heavy atom. The first-order valence-corrected chi connectivity index (χ1v) is 26.4. The van der Waals surface area contributed by atoms with E-state index in [0.29, 0.717) is 41.5 Å². The number of aldehydes is 3. The number of methoxy groups -OCH3 is 1. The molecule has 9 atom stereocenters. The molecular weight excluding hydrogens is 1180 g/mol. The summed E-state index contributed by atoms with van der Waals surface area (Å²) in [6.07, 6.45) is -0.823. The Labute approximate surface area is 502 Å². The van der Waals surface area contributed by atoms with Gasteiger partial charge in [0.15, 0.2) is 0 Å².